The molecule has 0 radical (unpaired) electrons. The van der Waals surface area contributed by atoms with Crippen molar-refractivity contribution in [3.8, 4) is 0 Å². The summed E-state index contributed by atoms with van der Waals surface area (Å²) < 4.78 is 2.13. The van der Waals surface area contributed by atoms with E-state index in [0.29, 0.717) is 0 Å². The lowest BCUT2D eigenvalue weighted by atomic mass is 10.1. The Morgan fingerprint density at radius 3 is 2.86 bits per heavy atom. The first kappa shape index (κ1) is 9.28. The highest BCUT2D eigenvalue weighted by Gasteiger charge is 2.03. The summed E-state index contributed by atoms with van der Waals surface area (Å²) in [5.74, 6) is 0. The highest BCUT2D eigenvalue weighted by atomic mass is 16.2. The van der Waals surface area contributed by atoms with Gasteiger partial charge in [-0.05, 0) is 30.5 Å². The second-order valence-electron chi connectivity index (χ2n) is 3.75. The van der Waals surface area contributed by atoms with Crippen molar-refractivity contribution < 1.29 is 5.11 Å². The van der Waals surface area contributed by atoms with E-state index < -0.39 is 0 Å². The maximum Gasteiger partial charge on any atom is 0.0483 e. The minimum absolute atomic E-state index is 0.217. The maximum absolute atomic E-state index is 8.86. The van der Waals surface area contributed by atoms with E-state index in [2.05, 4.69) is 42.9 Å². The van der Waals surface area contributed by atoms with Crippen LogP contribution in [-0.2, 0) is 13.5 Å². The van der Waals surface area contributed by atoms with Crippen LogP contribution in [0.15, 0.2) is 24.4 Å². The van der Waals surface area contributed by atoms with Gasteiger partial charge in [-0.25, -0.2) is 0 Å². The van der Waals surface area contributed by atoms with Crippen LogP contribution in [0.3, 0.4) is 0 Å². The summed E-state index contributed by atoms with van der Waals surface area (Å²) in [6.45, 7) is 2.34. The van der Waals surface area contributed by atoms with Gasteiger partial charge in [0.15, 0.2) is 0 Å². The predicted molar refractivity (Wildman–Crippen MR) is 58.4 cm³/mol. The van der Waals surface area contributed by atoms with Gasteiger partial charge in [0.1, 0.15) is 0 Å². The Morgan fingerprint density at radius 1 is 1.36 bits per heavy atom. The van der Waals surface area contributed by atoms with Crippen molar-refractivity contribution in [3.05, 3.63) is 35.5 Å². The van der Waals surface area contributed by atoms with Gasteiger partial charge in [0.2, 0.25) is 0 Å². The molecule has 1 heterocycles. The molecular formula is C12H15NO. The van der Waals surface area contributed by atoms with Crippen LogP contribution in [0.4, 0.5) is 0 Å². The topological polar surface area (TPSA) is 25.2 Å². The molecule has 1 N–H and O–H groups in total. The Morgan fingerprint density at radius 2 is 2.14 bits per heavy atom. The smallest absolute Gasteiger partial charge is 0.0483 e. The fraction of sp³-hybridized carbons (Fsp3) is 0.333. The number of hydrogen-bond acceptors (Lipinski definition) is 1. The Balaban J connectivity index is 2.59. The molecule has 0 bridgehead atoms. The summed E-state index contributed by atoms with van der Waals surface area (Å²) in [4.78, 5) is 0. The van der Waals surface area contributed by atoms with Gasteiger partial charge in [-0.15, -0.1) is 0 Å². The van der Waals surface area contributed by atoms with Crippen LogP contribution < -0.4 is 0 Å². The molecule has 2 nitrogen and oxygen atoms in total. The van der Waals surface area contributed by atoms with Gasteiger partial charge in [-0.2, -0.15) is 0 Å². The average Bonchev–Trinajstić information content (AvgIpc) is 2.43. The number of aromatic nitrogens is 1. The first-order chi connectivity index (χ1) is 6.72. The molecule has 0 saturated carbocycles. The minimum Gasteiger partial charge on any atom is -0.396 e. The first-order valence-corrected chi connectivity index (χ1v) is 4.88. The van der Waals surface area contributed by atoms with Crippen molar-refractivity contribution in [3.63, 3.8) is 0 Å². The molecule has 0 aliphatic rings. The number of hydrogen-bond donors (Lipinski definition) is 1. The molecule has 0 aliphatic heterocycles. The highest BCUT2D eigenvalue weighted by molar-refractivity contribution is 5.84. The second kappa shape index (κ2) is 3.46. The van der Waals surface area contributed by atoms with Gasteiger partial charge in [0, 0.05) is 30.8 Å². The summed E-state index contributed by atoms with van der Waals surface area (Å²) in [5, 5.41) is 10.2. The minimum atomic E-state index is 0.217. The zero-order valence-electron chi connectivity index (χ0n) is 8.62. The van der Waals surface area contributed by atoms with Crippen molar-refractivity contribution in [1.29, 1.82) is 0 Å². The average molecular weight is 189 g/mol. The fourth-order valence-corrected chi connectivity index (χ4v) is 1.92. The van der Waals surface area contributed by atoms with E-state index in [4.69, 9.17) is 5.11 Å². The lowest BCUT2D eigenvalue weighted by Gasteiger charge is -2.00. The Hall–Kier alpha value is -1.28. The molecule has 14 heavy (non-hydrogen) atoms. The second-order valence-corrected chi connectivity index (χ2v) is 3.75. The van der Waals surface area contributed by atoms with Crippen molar-refractivity contribution in [2.75, 3.05) is 6.61 Å². The third kappa shape index (κ3) is 1.42. The van der Waals surface area contributed by atoms with Crippen LogP contribution in [-0.4, -0.2) is 16.3 Å². The van der Waals surface area contributed by atoms with Gasteiger partial charge >= 0.3 is 0 Å². The van der Waals surface area contributed by atoms with Crippen molar-refractivity contribution in [1.82, 2.24) is 4.57 Å². The Labute approximate surface area is 83.8 Å². The van der Waals surface area contributed by atoms with Gasteiger partial charge in [0.25, 0.3) is 0 Å². The van der Waals surface area contributed by atoms with Gasteiger partial charge in [-0.1, -0.05) is 12.1 Å². The van der Waals surface area contributed by atoms with Crippen molar-refractivity contribution in [2.45, 2.75) is 13.3 Å². The van der Waals surface area contributed by atoms with E-state index >= 15 is 0 Å². The lowest BCUT2D eigenvalue weighted by Crippen LogP contribution is -1.91. The third-order valence-corrected chi connectivity index (χ3v) is 2.65. The largest absolute Gasteiger partial charge is 0.396 e. The molecule has 0 unspecified atom stereocenters. The molecule has 0 atom stereocenters. The zero-order valence-corrected chi connectivity index (χ0v) is 8.62. The molecular weight excluding hydrogens is 174 g/mol. The van der Waals surface area contributed by atoms with Crippen LogP contribution in [0.5, 0.6) is 0 Å². The summed E-state index contributed by atoms with van der Waals surface area (Å²) in [5.41, 5.74) is 3.74. The number of aliphatic hydroxyl groups excluding tert-OH is 1. The number of fused-ring (bicyclic) bond motifs is 1. The molecule has 0 amide bonds. The third-order valence-electron chi connectivity index (χ3n) is 2.65. The summed E-state index contributed by atoms with van der Waals surface area (Å²) in [6.07, 6.45) is 2.87. The van der Waals surface area contributed by atoms with Gasteiger partial charge in [-0.3, -0.25) is 0 Å². The maximum atomic E-state index is 8.86. The van der Waals surface area contributed by atoms with Crippen LogP contribution in [0.25, 0.3) is 10.9 Å². The highest BCUT2D eigenvalue weighted by Crippen LogP contribution is 2.21. The predicted octanol–water partition coefficient (Wildman–Crippen LogP) is 2.02. The van der Waals surface area contributed by atoms with E-state index in [1.54, 1.807) is 0 Å². The van der Waals surface area contributed by atoms with Crippen LogP contribution in [0, 0.1) is 6.92 Å². The zero-order chi connectivity index (χ0) is 10.1. The van der Waals surface area contributed by atoms with Crippen LogP contribution in [0.1, 0.15) is 11.1 Å². The number of benzene rings is 1. The van der Waals surface area contributed by atoms with E-state index in [1.807, 2.05) is 0 Å². The Kier molecular flexibility index (Phi) is 2.30. The van der Waals surface area contributed by atoms with E-state index in [-0.39, 0.29) is 6.61 Å². The molecule has 1 aromatic heterocycles. The SMILES string of the molecule is Cc1cn(C)c2cc(CCO)ccc12. The quantitative estimate of drug-likeness (QED) is 0.768. The number of aryl methyl sites for hydroxylation is 2. The van der Waals surface area contributed by atoms with Crippen LogP contribution >= 0.6 is 0 Å². The summed E-state index contributed by atoms with van der Waals surface area (Å²) in [7, 11) is 2.05. The summed E-state index contributed by atoms with van der Waals surface area (Å²) in [6, 6.07) is 6.37. The summed E-state index contributed by atoms with van der Waals surface area (Å²) >= 11 is 0. The molecule has 0 spiro atoms. The van der Waals surface area contributed by atoms with Gasteiger partial charge < -0.3 is 9.67 Å². The van der Waals surface area contributed by atoms with E-state index in [1.165, 1.54) is 22.0 Å². The lowest BCUT2D eigenvalue weighted by molar-refractivity contribution is 0.299. The first-order valence-electron chi connectivity index (χ1n) is 4.88. The Bertz CT molecular complexity index is 457. The number of rotatable bonds is 2. The molecule has 0 saturated heterocycles. The molecule has 2 aromatic rings. The molecule has 74 valence electrons. The van der Waals surface area contributed by atoms with Crippen molar-refractivity contribution >= 4 is 10.9 Å². The monoisotopic (exact) mass is 189 g/mol. The molecule has 1 aromatic carbocycles. The van der Waals surface area contributed by atoms with Crippen LogP contribution in [0.2, 0.25) is 0 Å². The van der Waals surface area contributed by atoms with Crippen molar-refractivity contribution in [2.24, 2.45) is 7.05 Å². The molecule has 0 fully saturated rings. The van der Waals surface area contributed by atoms with E-state index in [0.717, 1.165) is 6.42 Å². The standard InChI is InChI=1S/C12H15NO/c1-9-8-13(2)12-7-10(5-6-14)3-4-11(9)12/h3-4,7-8,14H,5-6H2,1-2H3. The normalized spacial score (nSPS) is 11.1. The number of aliphatic hydroxyl groups is 1. The fourth-order valence-electron chi connectivity index (χ4n) is 1.92. The molecule has 2 rings (SSSR count). The molecule has 2 heteroatoms. The van der Waals surface area contributed by atoms with E-state index in [9.17, 15) is 0 Å². The molecule has 0 aliphatic carbocycles. The van der Waals surface area contributed by atoms with Gasteiger partial charge in [0.05, 0.1) is 0 Å². The number of nitrogens with zero attached hydrogens (tertiary/aromatic N) is 1.